The Kier molecular flexibility index (Phi) is 6.04. The second-order valence-corrected chi connectivity index (χ2v) is 6.67. The molecule has 1 aliphatic rings. The molecule has 0 aromatic heterocycles. The molecular weight excluding hydrogens is 365 g/mol. The number of benzene rings is 2. The Morgan fingerprint density at radius 1 is 1.19 bits per heavy atom. The summed E-state index contributed by atoms with van der Waals surface area (Å²) in [6.07, 6.45) is 3.30. The van der Waals surface area contributed by atoms with Gasteiger partial charge in [0, 0.05) is 17.1 Å². The minimum Gasteiger partial charge on any atom is -0.467 e. The van der Waals surface area contributed by atoms with Crippen molar-refractivity contribution in [1.29, 1.82) is 0 Å². The van der Waals surface area contributed by atoms with Gasteiger partial charge in [0.2, 0.25) is 0 Å². The fourth-order valence-electron chi connectivity index (χ4n) is 2.83. The lowest BCUT2D eigenvalue weighted by molar-refractivity contribution is 0.397. The topological polar surface area (TPSA) is 60.0 Å². The Balaban J connectivity index is 2.01. The second kappa shape index (κ2) is 8.46. The van der Waals surface area contributed by atoms with E-state index in [0.717, 1.165) is 22.4 Å². The summed E-state index contributed by atoms with van der Waals surface area (Å²) >= 11 is 6.36. The summed E-state index contributed by atoms with van der Waals surface area (Å²) in [5.41, 5.74) is 10.2. The fraction of sp³-hybridized carbons (Fsp3) is 0.238. The average molecular weight is 386 g/mol. The molecule has 0 bridgehead atoms. The maximum Gasteiger partial charge on any atom is 0.316 e. The SMILES string of the molecule is COC1=N/C(c2cc(CN)ccc2Cl)=C/CC/C(c2ccc(C)c(F)c2)=N\1. The monoisotopic (exact) mass is 385 g/mol. The fourth-order valence-corrected chi connectivity index (χ4v) is 3.04. The quantitative estimate of drug-likeness (QED) is 0.819. The summed E-state index contributed by atoms with van der Waals surface area (Å²) < 4.78 is 19.3. The van der Waals surface area contributed by atoms with E-state index in [1.54, 1.807) is 13.0 Å². The van der Waals surface area contributed by atoms with Gasteiger partial charge in [0.1, 0.15) is 5.82 Å². The molecule has 1 heterocycles. The van der Waals surface area contributed by atoms with Gasteiger partial charge in [0.15, 0.2) is 0 Å². The number of methoxy groups -OCH3 is 1. The van der Waals surface area contributed by atoms with E-state index in [9.17, 15) is 4.39 Å². The Morgan fingerprint density at radius 3 is 2.70 bits per heavy atom. The van der Waals surface area contributed by atoms with E-state index in [-0.39, 0.29) is 11.8 Å². The van der Waals surface area contributed by atoms with E-state index in [2.05, 4.69) is 9.98 Å². The molecule has 6 heteroatoms. The predicted molar refractivity (Wildman–Crippen MR) is 109 cm³/mol. The minimum absolute atomic E-state index is 0.200. The minimum atomic E-state index is -0.255. The number of hydrogen-bond donors (Lipinski definition) is 1. The molecule has 4 nitrogen and oxygen atoms in total. The number of amidine groups is 1. The zero-order valence-corrected chi connectivity index (χ0v) is 16.1. The highest BCUT2D eigenvalue weighted by atomic mass is 35.5. The molecule has 0 saturated carbocycles. The van der Waals surface area contributed by atoms with E-state index >= 15 is 0 Å². The van der Waals surface area contributed by atoms with E-state index in [0.29, 0.717) is 35.7 Å². The number of hydrogen-bond acceptors (Lipinski definition) is 4. The highest BCUT2D eigenvalue weighted by Gasteiger charge is 2.14. The third-order valence-electron chi connectivity index (χ3n) is 4.40. The number of halogens is 2. The van der Waals surface area contributed by atoms with Crippen LogP contribution in [0.15, 0.2) is 52.5 Å². The zero-order chi connectivity index (χ0) is 19.4. The maximum atomic E-state index is 13.9. The van der Waals surface area contributed by atoms with Crippen LogP contribution >= 0.6 is 11.6 Å². The molecule has 2 aromatic rings. The highest BCUT2D eigenvalue weighted by molar-refractivity contribution is 6.32. The van der Waals surface area contributed by atoms with Crippen LogP contribution < -0.4 is 5.73 Å². The normalized spacial score (nSPS) is 20.4. The molecule has 0 saturated heterocycles. The third-order valence-corrected chi connectivity index (χ3v) is 4.73. The van der Waals surface area contributed by atoms with Gasteiger partial charge in [0.25, 0.3) is 0 Å². The van der Waals surface area contributed by atoms with Gasteiger partial charge in [-0.3, -0.25) is 0 Å². The van der Waals surface area contributed by atoms with Crippen LogP contribution in [0.3, 0.4) is 0 Å². The lowest BCUT2D eigenvalue weighted by Gasteiger charge is -2.13. The third kappa shape index (κ3) is 4.43. The van der Waals surface area contributed by atoms with Gasteiger partial charge in [-0.2, -0.15) is 9.98 Å². The zero-order valence-electron chi connectivity index (χ0n) is 15.3. The van der Waals surface area contributed by atoms with Crippen molar-refractivity contribution in [3.05, 3.63) is 75.6 Å². The molecule has 0 amide bonds. The van der Waals surface area contributed by atoms with Crippen LogP contribution in [0.2, 0.25) is 5.02 Å². The second-order valence-electron chi connectivity index (χ2n) is 6.27. The largest absolute Gasteiger partial charge is 0.467 e. The van der Waals surface area contributed by atoms with Gasteiger partial charge in [-0.25, -0.2) is 4.39 Å². The summed E-state index contributed by atoms with van der Waals surface area (Å²) in [6, 6.07) is 10.9. The van der Waals surface area contributed by atoms with Crippen LogP contribution in [0.25, 0.3) is 5.70 Å². The van der Waals surface area contributed by atoms with Crippen LogP contribution in [-0.4, -0.2) is 18.8 Å². The highest BCUT2D eigenvalue weighted by Crippen LogP contribution is 2.28. The first-order chi connectivity index (χ1) is 13.0. The van der Waals surface area contributed by atoms with Gasteiger partial charge in [-0.15, -0.1) is 0 Å². The maximum absolute atomic E-state index is 13.9. The Labute approximate surface area is 163 Å². The van der Waals surface area contributed by atoms with Crippen molar-refractivity contribution in [2.45, 2.75) is 26.3 Å². The van der Waals surface area contributed by atoms with Crippen LogP contribution in [0.1, 0.15) is 35.1 Å². The standard InChI is InChI=1S/C21H21ClFN3O/c1-13-6-8-15(11-18(13)23)19-4-3-5-20(26-21(25-19)27-2)16-10-14(12-24)7-9-17(16)22/h5-11H,3-4,12,24H2,1-2H3/b20-5+,25-19+,26-21+. The Morgan fingerprint density at radius 2 is 2.00 bits per heavy atom. The van der Waals surface area contributed by atoms with Crippen LogP contribution in [-0.2, 0) is 11.3 Å². The number of allylic oxidation sites excluding steroid dienone is 1. The van der Waals surface area contributed by atoms with Gasteiger partial charge >= 0.3 is 6.02 Å². The molecule has 2 N–H and O–H groups in total. The van der Waals surface area contributed by atoms with Crippen molar-refractivity contribution in [3.8, 4) is 0 Å². The summed E-state index contributed by atoms with van der Waals surface area (Å²) in [5.74, 6) is -0.255. The molecule has 27 heavy (non-hydrogen) atoms. The predicted octanol–water partition coefficient (Wildman–Crippen LogP) is 4.87. The van der Waals surface area contributed by atoms with Crippen molar-refractivity contribution in [3.63, 3.8) is 0 Å². The number of aliphatic imine (C=N–C) groups is 2. The molecule has 2 aromatic carbocycles. The number of rotatable bonds is 3. The van der Waals surface area contributed by atoms with Gasteiger partial charge in [-0.05, 0) is 54.7 Å². The first-order valence-corrected chi connectivity index (χ1v) is 9.05. The molecule has 1 aliphatic heterocycles. The van der Waals surface area contributed by atoms with E-state index in [4.69, 9.17) is 22.1 Å². The van der Waals surface area contributed by atoms with E-state index in [1.807, 2.05) is 30.3 Å². The molecule has 0 fully saturated rings. The van der Waals surface area contributed by atoms with E-state index < -0.39 is 0 Å². The molecule has 0 radical (unpaired) electrons. The molecule has 3 rings (SSSR count). The molecule has 0 aliphatic carbocycles. The van der Waals surface area contributed by atoms with Gasteiger partial charge in [0.05, 0.1) is 18.5 Å². The number of aryl methyl sites for hydroxylation is 1. The summed E-state index contributed by atoms with van der Waals surface area (Å²) in [6.45, 7) is 2.15. The van der Waals surface area contributed by atoms with Gasteiger partial charge < -0.3 is 10.5 Å². The summed E-state index contributed by atoms with van der Waals surface area (Å²) in [7, 11) is 1.51. The Bertz CT molecular complexity index is 950. The summed E-state index contributed by atoms with van der Waals surface area (Å²) in [5, 5.41) is 0.586. The van der Waals surface area contributed by atoms with Gasteiger partial charge in [-0.1, -0.05) is 35.9 Å². The lowest BCUT2D eigenvalue weighted by atomic mass is 10.0. The smallest absolute Gasteiger partial charge is 0.316 e. The van der Waals surface area contributed by atoms with Crippen LogP contribution in [0.4, 0.5) is 4.39 Å². The average Bonchev–Trinajstić information content (AvgIpc) is 2.65. The first-order valence-electron chi connectivity index (χ1n) is 8.67. The number of ether oxygens (including phenoxy) is 1. The number of nitrogens with two attached hydrogens (primary N) is 1. The van der Waals surface area contributed by atoms with Crippen molar-refractivity contribution < 1.29 is 9.13 Å². The number of nitrogens with zero attached hydrogens (tertiary/aromatic N) is 2. The van der Waals surface area contributed by atoms with Crippen LogP contribution in [0.5, 0.6) is 0 Å². The summed E-state index contributed by atoms with van der Waals surface area (Å²) in [4.78, 5) is 9.04. The van der Waals surface area contributed by atoms with Crippen molar-refractivity contribution in [2.24, 2.45) is 15.7 Å². The molecule has 140 valence electrons. The molecule has 0 spiro atoms. The first kappa shape index (κ1) is 19.3. The van der Waals surface area contributed by atoms with Crippen molar-refractivity contribution in [1.82, 2.24) is 0 Å². The van der Waals surface area contributed by atoms with Crippen LogP contribution in [0, 0.1) is 12.7 Å². The van der Waals surface area contributed by atoms with Crippen molar-refractivity contribution >= 4 is 29.0 Å². The molecular formula is C21H21ClFN3O. The molecule has 0 atom stereocenters. The lowest BCUT2D eigenvalue weighted by Crippen LogP contribution is -2.10. The van der Waals surface area contributed by atoms with Crippen molar-refractivity contribution in [2.75, 3.05) is 7.11 Å². The van der Waals surface area contributed by atoms with E-state index in [1.165, 1.54) is 13.2 Å². The Hall–Kier alpha value is -2.50. The molecule has 0 unspecified atom stereocenters.